The Balaban J connectivity index is 1.45. The lowest BCUT2D eigenvalue weighted by Gasteiger charge is -2.30. The number of amides is 1. The van der Waals surface area contributed by atoms with Gasteiger partial charge in [-0.2, -0.15) is 0 Å². The molecule has 0 aliphatic carbocycles. The van der Waals surface area contributed by atoms with Gasteiger partial charge >= 0.3 is 0 Å². The average molecular weight is 364 g/mol. The van der Waals surface area contributed by atoms with E-state index in [1.165, 1.54) is 0 Å². The van der Waals surface area contributed by atoms with Gasteiger partial charge in [-0.1, -0.05) is 30.3 Å². The monoisotopic (exact) mass is 364 g/mol. The Labute approximate surface area is 158 Å². The normalized spacial score (nSPS) is 15.2. The maximum Gasteiger partial charge on any atom is 0.270 e. The summed E-state index contributed by atoms with van der Waals surface area (Å²) in [5.74, 6) is 1.12. The number of likely N-dealkylation sites (tertiary alicyclic amines) is 1. The Kier molecular flexibility index (Phi) is 5.12. The summed E-state index contributed by atoms with van der Waals surface area (Å²) in [7, 11) is 0. The summed E-state index contributed by atoms with van der Waals surface area (Å²) in [5, 5.41) is 10.2. The summed E-state index contributed by atoms with van der Waals surface area (Å²) < 4.78 is 5.87. The van der Waals surface area contributed by atoms with Crippen LogP contribution >= 0.6 is 0 Å². The fourth-order valence-electron chi connectivity index (χ4n) is 3.54. The Hall–Kier alpha value is -2.79. The van der Waals surface area contributed by atoms with Crippen LogP contribution < -0.4 is 4.74 Å². The van der Waals surface area contributed by atoms with E-state index in [-0.39, 0.29) is 12.5 Å². The number of hydrogen-bond donors (Lipinski definition) is 2. The third kappa shape index (κ3) is 3.98. The number of nitrogens with zero attached hydrogens (tertiary/aromatic N) is 1. The SMILES string of the molecule is O=C(c1cc2ccc(OCc3ccccc3)cc2[nH]1)N1CCC(CO)CC1. The molecule has 1 fully saturated rings. The number of rotatable bonds is 5. The van der Waals surface area contributed by atoms with Crippen LogP contribution in [0.4, 0.5) is 0 Å². The number of carbonyl (C=O) groups is 1. The van der Waals surface area contributed by atoms with Crippen molar-refractivity contribution in [1.29, 1.82) is 0 Å². The van der Waals surface area contributed by atoms with Gasteiger partial charge in [0.15, 0.2) is 0 Å². The number of benzene rings is 2. The van der Waals surface area contributed by atoms with E-state index in [4.69, 9.17) is 4.74 Å². The Morgan fingerprint density at radius 1 is 1.11 bits per heavy atom. The van der Waals surface area contributed by atoms with Gasteiger partial charge in [-0.15, -0.1) is 0 Å². The number of aliphatic hydroxyl groups excluding tert-OH is 1. The van der Waals surface area contributed by atoms with Crippen LogP contribution in [0, 0.1) is 5.92 Å². The topological polar surface area (TPSA) is 65.6 Å². The van der Waals surface area contributed by atoms with E-state index < -0.39 is 0 Å². The second-order valence-corrected chi connectivity index (χ2v) is 7.12. The summed E-state index contributed by atoms with van der Waals surface area (Å²) >= 11 is 0. The van der Waals surface area contributed by atoms with Crippen molar-refractivity contribution in [2.24, 2.45) is 5.92 Å². The Morgan fingerprint density at radius 3 is 2.63 bits per heavy atom. The molecule has 2 heterocycles. The van der Waals surface area contributed by atoms with Gasteiger partial charge in [-0.3, -0.25) is 4.79 Å². The number of nitrogens with one attached hydrogen (secondary N) is 1. The van der Waals surface area contributed by atoms with E-state index in [0.29, 0.717) is 31.3 Å². The highest BCUT2D eigenvalue weighted by atomic mass is 16.5. The molecule has 2 N–H and O–H groups in total. The van der Waals surface area contributed by atoms with Crippen molar-refractivity contribution in [3.05, 3.63) is 65.9 Å². The molecule has 1 saturated heterocycles. The zero-order valence-corrected chi connectivity index (χ0v) is 15.2. The maximum atomic E-state index is 12.8. The quantitative estimate of drug-likeness (QED) is 0.727. The first-order valence-corrected chi connectivity index (χ1v) is 9.42. The molecule has 4 rings (SSSR count). The molecule has 0 bridgehead atoms. The van der Waals surface area contributed by atoms with Gasteiger partial charge in [-0.05, 0) is 42.5 Å². The summed E-state index contributed by atoms with van der Waals surface area (Å²) in [5.41, 5.74) is 2.62. The fourth-order valence-corrected chi connectivity index (χ4v) is 3.54. The van der Waals surface area contributed by atoms with Gasteiger partial charge in [0, 0.05) is 36.7 Å². The van der Waals surface area contributed by atoms with Gasteiger partial charge in [0.2, 0.25) is 0 Å². The first-order valence-electron chi connectivity index (χ1n) is 9.42. The first kappa shape index (κ1) is 17.6. The molecule has 140 valence electrons. The van der Waals surface area contributed by atoms with E-state index in [0.717, 1.165) is 35.1 Å². The van der Waals surface area contributed by atoms with Crippen molar-refractivity contribution in [2.75, 3.05) is 19.7 Å². The lowest BCUT2D eigenvalue weighted by molar-refractivity contribution is 0.0646. The van der Waals surface area contributed by atoms with Crippen molar-refractivity contribution < 1.29 is 14.6 Å². The van der Waals surface area contributed by atoms with Crippen molar-refractivity contribution in [2.45, 2.75) is 19.4 Å². The van der Waals surface area contributed by atoms with Crippen LogP contribution in [-0.2, 0) is 6.61 Å². The highest BCUT2D eigenvalue weighted by Crippen LogP contribution is 2.24. The highest BCUT2D eigenvalue weighted by molar-refractivity contribution is 5.98. The number of aromatic nitrogens is 1. The van der Waals surface area contributed by atoms with Crippen molar-refractivity contribution >= 4 is 16.8 Å². The lowest BCUT2D eigenvalue weighted by Crippen LogP contribution is -2.39. The fraction of sp³-hybridized carbons (Fsp3) is 0.318. The molecule has 27 heavy (non-hydrogen) atoms. The number of ether oxygens (including phenoxy) is 1. The van der Waals surface area contributed by atoms with Crippen molar-refractivity contribution in [3.63, 3.8) is 0 Å². The molecule has 5 heteroatoms. The van der Waals surface area contributed by atoms with Crippen LogP contribution in [0.2, 0.25) is 0 Å². The number of carbonyl (C=O) groups excluding carboxylic acids is 1. The minimum Gasteiger partial charge on any atom is -0.489 e. The highest BCUT2D eigenvalue weighted by Gasteiger charge is 2.24. The zero-order valence-electron chi connectivity index (χ0n) is 15.2. The summed E-state index contributed by atoms with van der Waals surface area (Å²) in [4.78, 5) is 17.9. The summed E-state index contributed by atoms with van der Waals surface area (Å²) in [6.07, 6.45) is 1.72. The minimum atomic E-state index is 0.0225. The van der Waals surface area contributed by atoms with E-state index >= 15 is 0 Å². The molecule has 0 atom stereocenters. The molecule has 3 aromatic rings. The van der Waals surface area contributed by atoms with Crippen LogP contribution in [0.5, 0.6) is 5.75 Å². The molecule has 1 aliphatic rings. The molecular formula is C22H24N2O3. The molecule has 0 saturated carbocycles. The van der Waals surface area contributed by atoms with Gasteiger partial charge in [0.05, 0.1) is 0 Å². The Morgan fingerprint density at radius 2 is 1.89 bits per heavy atom. The Bertz CT molecular complexity index is 912. The van der Waals surface area contributed by atoms with Crippen molar-refractivity contribution in [1.82, 2.24) is 9.88 Å². The van der Waals surface area contributed by atoms with Gasteiger partial charge in [0.1, 0.15) is 18.1 Å². The van der Waals surface area contributed by atoms with Crippen LogP contribution in [0.25, 0.3) is 10.9 Å². The van der Waals surface area contributed by atoms with Crippen LogP contribution in [-0.4, -0.2) is 40.6 Å². The second kappa shape index (κ2) is 7.84. The average Bonchev–Trinajstić information content (AvgIpc) is 3.16. The van der Waals surface area contributed by atoms with Crippen LogP contribution in [0.1, 0.15) is 28.9 Å². The van der Waals surface area contributed by atoms with E-state index in [9.17, 15) is 9.90 Å². The molecule has 1 aromatic heterocycles. The van der Waals surface area contributed by atoms with E-state index in [1.807, 2.05) is 59.5 Å². The van der Waals surface area contributed by atoms with Crippen LogP contribution in [0.3, 0.4) is 0 Å². The standard InChI is InChI=1S/C22H24N2O3/c25-14-16-8-10-24(11-9-16)22(26)21-12-18-6-7-19(13-20(18)23-21)27-15-17-4-2-1-3-5-17/h1-7,12-13,16,23,25H,8-11,14-15H2. The van der Waals surface area contributed by atoms with Gasteiger partial charge < -0.3 is 19.7 Å². The van der Waals surface area contributed by atoms with Gasteiger partial charge in [0.25, 0.3) is 5.91 Å². The molecule has 2 aromatic carbocycles. The predicted molar refractivity (Wildman–Crippen MR) is 105 cm³/mol. The lowest BCUT2D eigenvalue weighted by atomic mass is 9.98. The largest absolute Gasteiger partial charge is 0.489 e. The summed E-state index contributed by atoms with van der Waals surface area (Å²) in [6, 6.07) is 17.8. The first-order chi connectivity index (χ1) is 13.2. The number of piperidine rings is 1. The maximum absolute atomic E-state index is 12.8. The number of hydrogen-bond acceptors (Lipinski definition) is 3. The molecule has 0 unspecified atom stereocenters. The smallest absolute Gasteiger partial charge is 0.270 e. The molecule has 1 amide bonds. The molecule has 1 aliphatic heterocycles. The summed E-state index contributed by atoms with van der Waals surface area (Å²) in [6.45, 7) is 2.12. The number of H-pyrrole nitrogens is 1. The third-order valence-electron chi connectivity index (χ3n) is 5.23. The number of aromatic amines is 1. The van der Waals surface area contributed by atoms with Crippen LogP contribution in [0.15, 0.2) is 54.6 Å². The van der Waals surface area contributed by atoms with E-state index in [2.05, 4.69) is 4.98 Å². The molecule has 5 nitrogen and oxygen atoms in total. The van der Waals surface area contributed by atoms with Gasteiger partial charge in [-0.25, -0.2) is 0 Å². The zero-order chi connectivity index (χ0) is 18.6. The second-order valence-electron chi connectivity index (χ2n) is 7.12. The van der Waals surface area contributed by atoms with Crippen molar-refractivity contribution in [3.8, 4) is 5.75 Å². The minimum absolute atomic E-state index is 0.0225. The molecule has 0 radical (unpaired) electrons. The number of fused-ring (bicyclic) bond motifs is 1. The third-order valence-corrected chi connectivity index (χ3v) is 5.23. The molecular weight excluding hydrogens is 340 g/mol. The molecule has 0 spiro atoms. The van der Waals surface area contributed by atoms with E-state index in [1.54, 1.807) is 0 Å². The number of aliphatic hydroxyl groups is 1. The predicted octanol–water partition coefficient (Wildman–Crippen LogP) is 3.59.